The summed E-state index contributed by atoms with van der Waals surface area (Å²) in [4.78, 5) is 22.8. The summed E-state index contributed by atoms with van der Waals surface area (Å²) in [6.07, 6.45) is 7.00. The van der Waals surface area contributed by atoms with Gasteiger partial charge in [0.15, 0.2) is 0 Å². The Hall–Kier alpha value is -3.21. The third-order valence-corrected chi connectivity index (χ3v) is 4.17. The van der Waals surface area contributed by atoms with Crippen LogP contribution in [0.15, 0.2) is 73.3 Å². The minimum atomic E-state index is -0.110. The fraction of sp³-hybridized carbons (Fsp3) is 0.190. The minimum Gasteiger partial charge on any atom is -0.334 e. The van der Waals surface area contributed by atoms with Gasteiger partial charge in [-0.25, -0.2) is 4.79 Å². The Morgan fingerprint density at radius 2 is 1.62 bits per heavy atom. The number of rotatable bonds is 6. The van der Waals surface area contributed by atoms with Crippen LogP contribution in [0.25, 0.3) is 0 Å². The fourth-order valence-electron chi connectivity index (χ4n) is 2.70. The number of amides is 2. The molecule has 2 amide bonds. The maximum Gasteiger partial charge on any atom is 0.318 e. The number of carbonyl (C=O) groups excluding carboxylic acids is 1. The van der Waals surface area contributed by atoms with Gasteiger partial charge in [-0.15, -0.1) is 0 Å². The SMILES string of the molecule is Cc1ccccc1CN(Cc1cccnc1)C(=O)NCc1cccnc1. The lowest BCUT2D eigenvalue weighted by atomic mass is 10.1. The van der Waals surface area contributed by atoms with E-state index in [2.05, 4.69) is 34.3 Å². The van der Waals surface area contributed by atoms with Crippen LogP contribution in [0.2, 0.25) is 0 Å². The molecule has 1 aromatic carbocycles. The van der Waals surface area contributed by atoms with Crippen molar-refractivity contribution in [1.29, 1.82) is 0 Å². The molecule has 0 fully saturated rings. The molecule has 0 bridgehead atoms. The molecule has 0 aliphatic heterocycles. The van der Waals surface area contributed by atoms with E-state index in [1.54, 1.807) is 29.7 Å². The van der Waals surface area contributed by atoms with Crippen LogP contribution in [0.4, 0.5) is 4.79 Å². The highest BCUT2D eigenvalue weighted by atomic mass is 16.2. The Kier molecular flexibility index (Phi) is 5.93. The standard InChI is InChI=1S/C21H22N4O/c1-17-6-2-3-9-20(17)16-25(15-19-8-5-11-23-13-19)21(26)24-14-18-7-4-10-22-12-18/h2-13H,14-16H2,1H3,(H,24,26). The molecule has 0 saturated heterocycles. The van der Waals surface area contributed by atoms with Crippen LogP contribution in [0.1, 0.15) is 22.3 Å². The first-order valence-corrected chi connectivity index (χ1v) is 8.57. The van der Waals surface area contributed by atoms with E-state index in [9.17, 15) is 4.79 Å². The van der Waals surface area contributed by atoms with Crippen molar-refractivity contribution in [3.8, 4) is 0 Å². The molecule has 0 unspecified atom stereocenters. The molecule has 1 N–H and O–H groups in total. The molecule has 0 atom stereocenters. The molecule has 26 heavy (non-hydrogen) atoms. The minimum absolute atomic E-state index is 0.110. The first-order chi connectivity index (χ1) is 12.7. The summed E-state index contributed by atoms with van der Waals surface area (Å²) in [6, 6.07) is 15.7. The monoisotopic (exact) mass is 346 g/mol. The average molecular weight is 346 g/mol. The number of benzene rings is 1. The van der Waals surface area contributed by atoms with E-state index in [-0.39, 0.29) is 6.03 Å². The summed E-state index contributed by atoms with van der Waals surface area (Å²) in [5, 5.41) is 2.99. The highest BCUT2D eigenvalue weighted by Gasteiger charge is 2.15. The first kappa shape index (κ1) is 17.6. The van der Waals surface area contributed by atoms with Gasteiger partial charge in [-0.05, 0) is 41.3 Å². The lowest BCUT2D eigenvalue weighted by molar-refractivity contribution is 0.191. The number of nitrogens with zero attached hydrogens (tertiary/aromatic N) is 3. The highest BCUT2D eigenvalue weighted by Crippen LogP contribution is 2.13. The Morgan fingerprint density at radius 1 is 0.923 bits per heavy atom. The van der Waals surface area contributed by atoms with Crippen LogP contribution in [0, 0.1) is 6.92 Å². The van der Waals surface area contributed by atoms with Gasteiger partial charge in [-0.3, -0.25) is 9.97 Å². The van der Waals surface area contributed by atoms with E-state index in [4.69, 9.17) is 0 Å². The summed E-state index contributed by atoms with van der Waals surface area (Å²) < 4.78 is 0. The third kappa shape index (κ3) is 4.89. The van der Waals surface area contributed by atoms with E-state index >= 15 is 0 Å². The second kappa shape index (κ2) is 8.76. The van der Waals surface area contributed by atoms with Gasteiger partial charge >= 0.3 is 6.03 Å². The summed E-state index contributed by atoms with van der Waals surface area (Å²) in [5.41, 5.74) is 4.27. The van der Waals surface area contributed by atoms with E-state index in [1.807, 2.05) is 36.4 Å². The summed E-state index contributed by atoms with van der Waals surface area (Å²) in [7, 11) is 0. The quantitative estimate of drug-likeness (QED) is 0.740. The van der Waals surface area contributed by atoms with Gasteiger partial charge in [-0.2, -0.15) is 0 Å². The van der Waals surface area contributed by atoms with Gasteiger partial charge in [0.2, 0.25) is 0 Å². The lowest BCUT2D eigenvalue weighted by Gasteiger charge is -2.24. The van der Waals surface area contributed by atoms with Crippen molar-refractivity contribution in [3.05, 3.63) is 95.6 Å². The second-order valence-corrected chi connectivity index (χ2v) is 6.16. The number of aryl methyl sites for hydroxylation is 1. The molecule has 2 aromatic heterocycles. The van der Waals surface area contributed by atoms with Crippen LogP contribution in [0.3, 0.4) is 0 Å². The molecular formula is C21H22N4O. The lowest BCUT2D eigenvalue weighted by Crippen LogP contribution is -2.39. The number of aromatic nitrogens is 2. The number of hydrogen-bond donors (Lipinski definition) is 1. The largest absolute Gasteiger partial charge is 0.334 e. The third-order valence-electron chi connectivity index (χ3n) is 4.17. The van der Waals surface area contributed by atoms with Gasteiger partial charge in [0.05, 0.1) is 0 Å². The molecule has 0 radical (unpaired) electrons. The van der Waals surface area contributed by atoms with Crippen molar-refractivity contribution in [2.75, 3.05) is 0 Å². The number of carbonyl (C=O) groups is 1. The molecule has 3 rings (SSSR count). The summed E-state index contributed by atoms with van der Waals surface area (Å²) >= 11 is 0. The number of hydrogen-bond acceptors (Lipinski definition) is 3. The Morgan fingerprint density at radius 3 is 2.27 bits per heavy atom. The van der Waals surface area contributed by atoms with Crippen LogP contribution < -0.4 is 5.32 Å². The molecule has 132 valence electrons. The van der Waals surface area contributed by atoms with Gasteiger partial charge in [0.1, 0.15) is 0 Å². The number of nitrogens with one attached hydrogen (secondary N) is 1. The number of urea groups is 1. The predicted octanol–water partition coefficient (Wildman–Crippen LogP) is 3.70. The van der Waals surface area contributed by atoms with Crippen LogP contribution >= 0.6 is 0 Å². The molecule has 0 spiro atoms. The van der Waals surface area contributed by atoms with Gasteiger partial charge < -0.3 is 10.2 Å². The molecule has 3 aromatic rings. The maximum atomic E-state index is 12.8. The van der Waals surface area contributed by atoms with Gasteiger partial charge in [0.25, 0.3) is 0 Å². The van der Waals surface area contributed by atoms with E-state index in [1.165, 1.54) is 5.56 Å². The fourth-order valence-corrected chi connectivity index (χ4v) is 2.70. The number of pyridine rings is 2. The Balaban J connectivity index is 1.73. The summed E-state index contributed by atoms with van der Waals surface area (Å²) in [5.74, 6) is 0. The molecule has 0 aliphatic rings. The molecule has 0 aliphatic carbocycles. The van der Waals surface area contributed by atoms with Crippen molar-refractivity contribution in [2.24, 2.45) is 0 Å². The molecule has 5 heteroatoms. The predicted molar refractivity (Wildman–Crippen MR) is 101 cm³/mol. The molecular weight excluding hydrogens is 324 g/mol. The van der Waals surface area contributed by atoms with Crippen molar-refractivity contribution < 1.29 is 4.79 Å². The zero-order valence-corrected chi connectivity index (χ0v) is 14.8. The first-order valence-electron chi connectivity index (χ1n) is 8.57. The molecule has 0 saturated carbocycles. The zero-order valence-electron chi connectivity index (χ0n) is 14.8. The normalized spacial score (nSPS) is 10.3. The molecule has 2 heterocycles. The topological polar surface area (TPSA) is 58.1 Å². The Labute approximate surface area is 153 Å². The van der Waals surface area contributed by atoms with E-state index in [0.717, 1.165) is 16.7 Å². The van der Waals surface area contributed by atoms with Gasteiger partial charge in [-0.1, -0.05) is 36.4 Å². The summed E-state index contributed by atoms with van der Waals surface area (Å²) in [6.45, 7) is 3.55. The zero-order chi connectivity index (χ0) is 18.2. The van der Waals surface area contributed by atoms with Crippen LogP contribution in [0.5, 0.6) is 0 Å². The maximum absolute atomic E-state index is 12.8. The van der Waals surface area contributed by atoms with Crippen molar-refractivity contribution >= 4 is 6.03 Å². The van der Waals surface area contributed by atoms with Crippen molar-refractivity contribution in [3.63, 3.8) is 0 Å². The second-order valence-electron chi connectivity index (χ2n) is 6.16. The van der Waals surface area contributed by atoms with Crippen molar-refractivity contribution in [2.45, 2.75) is 26.6 Å². The Bertz CT molecular complexity index is 837. The smallest absolute Gasteiger partial charge is 0.318 e. The van der Waals surface area contributed by atoms with Gasteiger partial charge in [0, 0.05) is 44.4 Å². The van der Waals surface area contributed by atoms with Crippen LogP contribution in [-0.4, -0.2) is 20.9 Å². The van der Waals surface area contributed by atoms with Crippen molar-refractivity contribution in [1.82, 2.24) is 20.2 Å². The molecule has 5 nitrogen and oxygen atoms in total. The van der Waals surface area contributed by atoms with E-state index < -0.39 is 0 Å². The van der Waals surface area contributed by atoms with Crippen LogP contribution in [-0.2, 0) is 19.6 Å². The van der Waals surface area contributed by atoms with E-state index in [0.29, 0.717) is 19.6 Å². The highest BCUT2D eigenvalue weighted by molar-refractivity contribution is 5.74. The average Bonchev–Trinajstić information content (AvgIpc) is 2.69.